The number of imidazole rings is 1. The van der Waals surface area contributed by atoms with Crippen LogP contribution in [0.15, 0.2) is 18.7 Å². The molecule has 0 aliphatic rings. The molecule has 1 atom stereocenters. The third-order valence-electron chi connectivity index (χ3n) is 2.12. The number of hydrogen-bond donors (Lipinski definition) is 1. The molecular weight excluding hydrogens is 253 g/mol. The van der Waals surface area contributed by atoms with Gasteiger partial charge in [0.1, 0.15) is 0 Å². The summed E-state index contributed by atoms with van der Waals surface area (Å²) in [6.45, 7) is 0. The first kappa shape index (κ1) is 12.1. The Morgan fingerprint density at radius 3 is 2.59 bits per heavy atom. The lowest BCUT2D eigenvalue weighted by molar-refractivity contribution is -0.137. The molecule has 0 bridgehead atoms. The fourth-order valence-corrected chi connectivity index (χ4v) is 2.10. The smallest absolute Gasteiger partial charge is 0.340 e. The molecule has 2 rings (SSSR count). The van der Waals surface area contributed by atoms with Crippen molar-refractivity contribution in [2.45, 2.75) is 12.2 Å². The van der Waals surface area contributed by atoms with Gasteiger partial charge in [-0.2, -0.15) is 13.2 Å². The zero-order valence-corrected chi connectivity index (χ0v) is 9.59. The molecule has 2 aromatic heterocycles. The minimum Gasteiger partial charge on any atom is -0.340 e. The van der Waals surface area contributed by atoms with Gasteiger partial charge in [-0.1, -0.05) is 0 Å². The van der Waals surface area contributed by atoms with E-state index in [0.717, 1.165) is 6.20 Å². The fraction of sp³-hybridized carbons (Fsp3) is 0.333. The Morgan fingerprint density at radius 2 is 2.12 bits per heavy atom. The van der Waals surface area contributed by atoms with Gasteiger partial charge in [-0.25, -0.2) is 9.97 Å². The summed E-state index contributed by atoms with van der Waals surface area (Å²) in [5.41, 5.74) is 6.33. The minimum absolute atomic E-state index is 0.344. The van der Waals surface area contributed by atoms with Crippen LogP contribution in [0.3, 0.4) is 0 Å². The molecule has 2 heterocycles. The van der Waals surface area contributed by atoms with E-state index in [1.54, 1.807) is 24.1 Å². The predicted octanol–water partition coefficient (Wildman–Crippen LogP) is 1.94. The Bertz CT molecular complexity index is 516. The maximum atomic E-state index is 12.4. The second-order valence-corrected chi connectivity index (χ2v) is 4.57. The number of halogens is 3. The normalized spacial score (nSPS) is 13.9. The fourth-order valence-electron chi connectivity index (χ4n) is 1.30. The second kappa shape index (κ2) is 4.11. The standard InChI is InChI=1S/C9H9F3N4S/c1-16-3-5(15-4-16)7(13)6-2-14-8(17-6)9(10,11)12/h2-4,7H,13H2,1H3. The third kappa shape index (κ3) is 2.47. The molecule has 0 spiro atoms. The van der Waals surface area contributed by atoms with Gasteiger partial charge in [0.2, 0.25) is 0 Å². The Balaban J connectivity index is 2.26. The van der Waals surface area contributed by atoms with Crippen LogP contribution in [0, 0.1) is 0 Å². The maximum absolute atomic E-state index is 12.4. The SMILES string of the molecule is Cn1cnc(C(N)c2cnc(C(F)(F)F)s2)c1. The summed E-state index contributed by atoms with van der Waals surface area (Å²) in [4.78, 5) is 7.66. The van der Waals surface area contributed by atoms with Crippen molar-refractivity contribution in [1.82, 2.24) is 14.5 Å². The van der Waals surface area contributed by atoms with Crippen molar-refractivity contribution < 1.29 is 13.2 Å². The van der Waals surface area contributed by atoms with E-state index >= 15 is 0 Å². The van der Waals surface area contributed by atoms with Gasteiger partial charge in [0.05, 0.1) is 18.1 Å². The molecule has 2 aromatic rings. The Labute approximate surface area is 98.9 Å². The first-order valence-corrected chi connectivity index (χ1v) is 5.46. The number of alkyl halides is 3. The first-order valence-electron chi connectivity index (χ1n) is 4.64. The van der Waals surface area contributed by atoms with Crippen LogP contribution < -0.4 is 5.73 Å². The van der Waals surface area contributed by atoms with Gasteiger partial charge in [0, 0.05) is 24.3 Å². The molecule has 0 saturated carbocycles. The number of hydrogen-bond acceptors (Lipinski definition) is 4. The Hall–Kier alpha value is -1.41. The van der Waals surface area contributed by atoms with Gasteiger partial charge in [-0.15, -0.1) is 11.3 Å². The zero-order valence-electron chi connectivity index (χ0n) is 8.77. The molecule has 0 aliphatic carbocycles. The molecule has 0 aliphatic heterocycles. The van der Waals surface area contributed by atoms with Crippen molar-refractivity contribution in [2.24, 2.45) is 12.8 Å². The molecule has 2 N–H and O–H groups in total. The lowest BCUT2D eigenvalue weighted by atomic mass is 10.2. The van der Waals surface area contributed by atoms with Crippen LogP contribution in [-0.2, 0) is 13.2 Å². The highest BCUT2D eigenvalue weighted by Crippen LogP contribution is 2.34. The zero-order chi connectivity index (χ0) is 12.6. The first-order chi connectivity index (χ1) is 7.88. The van der Waals surface area contributed by atoms with Crippen molar-refractivity contribution in [3.8, 4) is 0 Å². The molecule has 0 saturated heterocycles. The van der Waals surface area contributed by atoms with Gasteiger partial charge in [-0.05, 0) is 0 Å². The van der Waals surface area contributed by atoms with Gasteiger partial charge in [-0.3, -0.25) is 0 Å². The van der Waals surface area contributed by atoms with E-state index in [4.69, 9.17) is 5.73 Å². The number of aryl methyl sites for hydroxylation is 1. The predicted molar refractivity (Wildman–Crippen MR) is 56.4 cm³/mol. The molecular formula is C9H9F3N4S. The van der Waals surface area contributed by atoms with Crippen molar-refractivity contribution in [2.75, 3.05) is 0 Å². The monoisotopic (exact) mass is 262 g/mol. The van der Waals surface area contributed by atoms with E-state index in [1.807, 2.05) is 0 Å². The number of nitrogens with two attached hydrogens (primary N) is 1. The molecule has 92 valence electrons. The van der Waals surface area contributed by atoms with E-state index < -0.39 is 17.2 Å². The van der Waals surface area contributed by atoms with Crippen LogP contribution in [0.2, 0.25) is 0 Å². The molecule has 0 amide bonds. The number of nitrogens with zero attached hydrogens (tertiary/aromatic N) is 3. The number of thiazole rings is 1. The van der Waals surface area contributed by atoms with E-state index in [9.17, 15) is 13.2 Å². The number of aromatic nitrogens is 3. The average Bonchev–Trinajstić information content (AvgIpc) is 2.83. The van der Waals surface area contributed by atoms with Crippen molar-refractivity contribution >= 4 is 11.3 Å². The lowest BCUT2D eigenvalue weighted by Gasteiger charge is -2.04. The summed E-state index contributed by atoms with van der Waals surface area (Å²) < 4.78 is 38.8. The quantitative estimate of drug-likeness (QED) is 0.899. The molecule has 4 nitrogen and oxygen atoms in total. The summed E-state index contributed by atoms with van der Waals surface area (Å²) >= 11 is 0.542. The highest BCUT2D eigenvalue weighted by molar-refractivity contribution is 7.11. The summed E-state index contributed by atoms with van der Waals surface area (Å²) in [7, 11) is 1.76. The summed E-state index contributed by atoms with van der Waals surface area (Å²) in [5.74, 6) is 0. The second-order valence-electron chi connectivity index (χ2n) is 3.51. The molecule has 0 fully saturated rings. The van der Waals surface area contributed by atoms with Crippen molar-refractivity contribution in [3.05, 3.63) is 34.3 Å². The van der Waals surface area contributed by atoms with E-state index in [0.29, 0.717) is 21.9 Å². The summed E-state index contributed by atoms with van der Waals surface area (Å²) in [6.07, 6.45) is -0.0713. The molecule has 8 heteroatoms. The van der Waals surface area contributed by atoms with Crippen LogP contribution in [0.1, 0.15) is 21.6 Å². The number of rotatable bonds is 2. The van der Waals surface area contributed by atoms with Gasteiger partial charge >= 0.3 is 6.18 Å². The topological polar surface area (TPSA) is 56.7 Å². The van der Waals surface area contributed by atoms with Gasteiger partial charge in [0.25, 0.3) is 0 Å². The minimum atomic E-state index is -4.42. The van der Waals surface area contributed by atoms with Crippen LogP contribution in [0.4, 0.5) is 13.2 Å². The van der Waals surface area contributed by atoms with Gasteiger partial charge < -0.3 is 10.3 Å². The van der Waals surface area contributed by atoms with Crippen LogP contribution >= 0.6 is 11.3 Å². The van der Waals surface area contributed by atoms with E-state index in [1.165, 1.54) is 0 Å². The maximum Gasteiger partial charge on any atom is 0.443 e. The van der Waals surface area contributed by atoms with Crippen LogP contribution in [0.25, 0.3) is 0 Å². The average molecular weight is 262 g/mol. The van der Waals surface area contributed by atoms with E-state index in [2.05, 4.69) is 9.97 Å². The largest absolute Gasteiger partial charge is 0.443 e. The van der Waals surface area contributed by atoms with Crippen LogP contribution in [-0.4, -0.2) is 14.5 Å². The molecule has 0 aromatic carbocycles. The van der Waals surface area contributed by atoms with Crippen molar-refractivity contribution in [3.63, 3.8) is 0 Å². The Kier molecular flexibility index (Phi) is 2.92. The highest BCUT2D eigenvalue weighted by Gasteiger charge is 2.35. The molecule has 1 unspecified atom stereocenters. The molecule has 0 radical (unpaired) electrons. The third-order valence-corrected chi connectivity index (χ3v) is 3.24. The van der Waals surface area contributed by atoms with Gasteiger partial charge in [0.15, 0.2) is 5.01 Å². The molecule has 17 heavy (non-hydrogen) atoms. The van der Waals surface area contributed by atoms with E-state index in [-0.39, 0.29) is 0 Å². The Morgan fingerprint density at radius 1 is 1.41 bits per heavy atom. The lowest BCUT2D eigenvalue weighted by Crippen LogP contribution is -2.10. The highest BCUT2D eigenvalue weighted by atomic mass is 32.1. The summed E-state index contributed by atoms with van der Waals surface area (Å²) in [5, 5.41) is -0.890. The van der Waals surface area contributed by atoms with Crippen molar-refractivity contribution in [1.29, 1.82) is 0 Å². The van der Waals surface area contributed by atoms with Crippen LogP contribution in [0.5, 0.6) is 0 Å². The summed E-state index contributed by atoms with van der Waals surface area (Å²) in [6, 6.07) is -0.676.